The van der Waals surface area contributed by atoms with Gasteiger partial charge < -0.3 is 15.5 Å². The van der Waals surface area contributed by atoms with Gasteiger partial charge in [0.25, 0.3) is 0 Å². The Morgan fingerprint density at radius 1 is 0.800 bits per heavy atom. The maximum atomic E-state index is 6.15. The van der Waals surface area contributed by atoms with Gasteiger partial charge in [-0.25, -0.2) is 0 Å². The number of halogens is 2. The first-order valence-electron chi connectivity index (χ1n) is 12.3. The van der Waals surface area contributed by atoms with Crippen LogP contribution in [0, 0.1) is 0 Å². The summed E-state index contributed by atoms with van der Waals surface area (Å²) in [6, 6.07) is 20.4. The molecule has 3 aromatic carbocycles. The van der Waals surface area contributed by atoms with E-state index in [2.05, 4.69) is 61.8 Å². The molecule has 0 saturated carbocycles. The average molecular weight is 508 g/mol. The highest BCUT2D eigenvalue weighted by atomic mass is 35.5. The summed E-state index contributed by atoms with van der Waals surface area (Å²) in [5.74, 6) is 0. The van der Waals surface area contributed by atoms with Crippen molar-refractivity contribution in [3.63, 3.8) is 0 Å². The van der Waals surface area contributed by atoms with E-state index < -0.39 is 0 Å². The van der Waals surface area contributed by atoms with Gasteiger partial charge in [-0.3, -0.25) is 9.88 Å². The van der Waals surface area contributed by atoms with Crippen LogP contribution in [-0.2, 0) is 0 Å². The first kappa shape index (κ1) is 24.1. The summed E-state index contributed by atoms with van der Waals surface area (Å²) in [5.41, 5.74) is 3.38. The van der Waals surface area contributed by atoms with Gasteiger partial charge in [0.2, 0.25) is 0 Å². The molecule has 0 amide bonds. The fourth-order valence-electron chi connectivity index (χ4n) is 4.84. The second kappa shape index (κ2) is 11.4. The van der Waals surface area contributed by atoms with Crippen LogP contribution in [0.15, 0.2) is 66.9 Å². The van der Waals surface area contributed by atoms with Crippen molar-refractivity contribution in [2.45, 2.75) is 6.42 Å². The van der Waals surface area contributed by atoms with Gasteiger partial charge in [0.15, 0.2) is 0 Å². The van der Waals surface area contributed by atoms with E-state index in [9.17, 15) is 0 Å². The molecule has 35 heavy (non-hydrogen) atoms. The van der Waals surface area contributed by atoms with Crippen LogP contribution in [0.2, 0.25) is 10.0 Å². The van der Waals surface area contributed by atoms with E-state index in [1.165, 1.54) is 16.5 Å². The quantitative estimate of drug-likeness (QED) is 0.275. The minimum absolute atomic E-state index is 0.732. The van der Waals surface area contributed by atoms with E-state index in [4.69, 9.17) is 23.2 Å². The van der Waals surface area contributed by atoms with Crippen molar-refractivity contribution in [1.82, 2.24) is 15.2 Å². The molecular formula is C28H31Cl2N5. The Morgan fingerprint density at radius 2 is 1.60 bits per heavy atom. The van der Waals surface area contributed by atoms with Crippen LogP contribution in [0.5, 0.6) is 0 Å². The number of fused-ring (bicyclic) bond motifs is 2. The standard InChI is InChI=1S/C28H31Cl2N5/c29-22-5-7-24-21(19-22)3-1-4-26(24)33-13-12-31-10-2-14-34-15-17-35(18-16-34)28-9-11-32-27-20-23(30)6-8-25(27)28/h1,3-9,11,19-20,31,33H,2,10,12-18H2. The van der Waals surface area contributed by atoms with Crippen LogP contribution < -0.4 is 15.5 Å². The van der Waals surface area contributed by atoms with Crippen molar-refractivity contribution < 1.29 is 0 Å². The highest BCUT2D eigenvalue weighted by Crippen LogP contribution is 2.28. The summed E-state index contributed by atoms with van der Waals surface area (Å²) in [5, 5.41) is 12.2. The molecule has 0 unspecified atom stereocenters. The molecule has 1 aliphatic rings. The summed E-state index contributed by atoms with van der Waals surface area (Å²) >= 11 is 12.3. The number of aromatic nitrogens is 1. The maximum Gasteiger partial charge on any atom is 0.0737 e. The number of nitrogens with zero attached hydrogens (tertiary/aromatic N) is 3. The largest absolute Gasteiger partial charge is 0.383 e. The minimum Gasteiger partial charge on any atom is -0.383 e. The van der Waals surface area contributed by atoms with Crippen LogP contribution in [0.25, 0.3) is 21.7 Å². The number of pyridine rings is 1. The second-order valence-electron chi connectivity index (χ2n) is 9.02. The van der Waals surface area contributed by atoms with E-state index in [0.29, 0.717) is 0 Å². The molecule has 4 aromatic rings. The molecule has 7 heteroatoms. The SMILES string of the molecule is Clc1ccc2c(NCCNCCCN3CCN(c4ccnc5cc(Cl)ccc45)CC3)cccc2c1. The van der Waals surface area contributed by atoms with Gasteiger partial charge in [-0.05, 0) is 67.4 Å². The molecule has 0 radical (unpaired) electrons. The third-order valence-corrected chi connectivity index (χ3v) is 7.15. The molecule has 0 spiro atoms. The van der Waals surface area contributed by atoms with Gasteiger partial charge in [0, 0.05) is 77.7 Å². The van der Waals surface area contributed by atoms with E-state index in [1.54, 1.807) is 0 Å². The van der Waals surface area contributed by atoms with Gasteiger partial charge in [-0.1, -0.05) is 41.4 Å². The van der Waals surface area contributed by atoms with Crippen molar-refractivity contribution in [1.29, 1.82) is 0 Å². The zero-order chi connectivity index (χ0) is 24.0. The molecule has 182 valence electrons. The summed E-state index contributed by atoms with van der Waals surface area (Å²) < 4.78 is 0. The third kappa shape index (κ3) is 5.99. The van der Waals surface area contributed by atoms with Crippen molar-refractivity contribution in [3.8, 4) is 0 Å². The molecule has 0 atom stereocenters. The van der Waals surface area contributed by atoms with E-state index in [-0.39, 0.29) is 0 Å². The van der Waals surface area contributed by atoms with Gasteiger partial charge >= 0.3 is 0 Å². The maximum absolute atomic E-state index is 6.15. The van der Waals surface area contributed by atoms with Crippen molar-refractivity contribution in [2.75, 3.05) is 62.6 Å². The fraction of sp³-hybridized carbons (Fsp3) is 0.321. The molecule has 1 fully saturated rings. The molecule has 1 aromatic heterocycles. The average Bonchev–Trinajstić information content (AvgIpc) is 2.88. The molecule has 0 bridgehead atoms. The van der Waals surface area contributed by atoms with E-state index in [0.717, 1.165) is 85.4 Å². The topological polar surface area (TPSA) is 43.4 Å². The van der Waals surface area contributed by atoms with Crippen LogP contribution in [0.4, 0.5) is 11.4 Å². The molecule has 2 heterocycles. The normalized spacial score (nSPS) is 14.6. The molecule has 5 rings (SSSR count). The van der Waals surface area contributed by atoms with Gasteiger partial charge in [0.1, 0.15) is 0 Å². The molecule has 0 aliphatic carbocycles. The van der Waals surface area contributed by atoms with Crippen LogP contribution in [0.3, 0.4) is 0 Å². The summed E-state index contributed by atoms with van der Waals surface area (Å²) in [6.45, 7) is 8.25. The monoisotopic (exact) mass is 507 g/mol. The van der Waals surface area contributed by atoms with Crippen molar-refractivity contribution in [2.24, 2.45) is 0 Å². The third-order valence-electron chi connectivity index (χ3n) is 6.68. The number of benzene rings is 3. The zero-order valence-electron chi connectivity index (χ0n) is 19.8. The Bertz CT molecular complexity index is 1290. The first-order valence-corrected chi connectivity index (χ1v) is 13.1. The predicted octanol–water partition coefficient (Wildman–Crippen LogP) is 5.91. The van der Waals surface area contributed by atoms with Crippen molar-refractivity contribution >= 4 is 56.3 Å². The fourth-order valence-corrected chi connectivity index (χ4v) is 5.19. The molecule has 2 N–H and O–H groups in total. The summed E-state index contributed by atoms with van der Waals surface area (Å²) in [6.07, 6.45) is 3.04. The summed E-state index contributed by atoms with van der Waals surface area (Å²) in [4.78, 5) is 9.52. The van der Waals surface area contributed by atoms with Crippen LogP contribution in [-0.4, -0.2) is 62.2 Å². The van der Waals surface area contributed by atoms with Crippen LogP contribution in [0.1, 0.15) is 6.42 Å². The number of hydrogen-bond donors (Lipinski definition) is 2. The van der Waals surface area contributed by atoms with Gasteiger partial charge in [-0.2, -0.15) is 0 Å². The van der Waals surface area contributed by atoms with Crippen molar-refractivity contribution in [3.05, 3.63) is 76.9 Å². The van der Waals surface area contributed by atoms with Gasteiger partial charge in [-0.15, -0.1) is 0 Å². The molecule has 5 nitrogen and oxygen atoms in total. The number of rotatable bonds is 9. The Labute approximate surface area is 217 Å². The van der Waals surface area contributed by atoms with Gasteiger partial charge in [0.05, 0.1) is 5.52 Å². The Balaban J connectivity index is 1.01. The molecule has 1 aliphatic heterocycles. The summed E-state index contributed by atoms with van der Waals surface area (Å²) in [7, 11) is 0. The minimum atomic E-state index is 0.732. The Morgan fingerprint density at radius 3 is 2.46 bits per heavy atom. The number of nitrogens with one attached hydrogen (secondary N) is 2. The smallest absolute Gasteiger partial charge is 0.0737 e. The number of piperazine rings is 1. The lowest BCUT2D eigenvalue weighted by atomic mass is 10.1. The van der Waals surface area contributed by atoms with Crippen LogP contribution >= 0.6 is 23.2 Å². The number of hydrogen-bond acceptors (Lipinski definition) is 5. The van der Waals surface area contributed by atoms with E-state index >= 15 is 0 Å². The predicted molar refractivity (Wildman–Crippen MR) is 150 cm³/mol. The highest BCUT2D eigenvalue weighted by molar-refractivity contribution is 6.31. The zero-order valence-corrected chi connectivity index (χ0v) is 21.3. The van der Waals surface area contributed by atoms with E-state index in [1.807, 2.05) is 30.5 Å². The highest BCUT2D eigenvalue weighted by Gasteiger charge is 2.18. The Kier molecular flexibility index (Phi) is 7.89. The first-order chi connectivity index (χ1) is 17.2. The Hall–Kier alpha value is -2.57. The molecular weight excluding hydrogens is 477 g/mol. The lowest BCUT2D eigenvalue weighted by Gasteiger charge is -2.36. The lowest BCUT2D eigenvalue weighted by molar-refractivity contribution is 0.254. The molecule has 1 saturated heterocycles. The lowest BCUT2D eigenvalue weighted by Crippen LogP contribution is -2.47. The second-order valence-corrected chi connectivity index (χ2v) is 9.89. The number of anilines is 2.